The Labute approximate surface area is 116 Å². The molecule has 3 heterocycles. The van der Waals surface area contributed by atoms with E-state index in [-0.39, 0.29) is 0 Å². The van der Waals surface area contributed by atoms with Gasteiger partial charge in [-0.2, -0.15) is 0 Å². The number of halogens is 2. The zero-order chi connectivity index (χ0) is 13.4. The number of hydrogen-bond donors (Lipinski definition) is 0. The van der Waals surface area contributed by atoms with Crippen LogP contribution in [-0.4, -0.2) is 24.5 Å². The molecule has 0 radical (unpaired) electrons. The molecule has 19 heavy (non-hydrogen) atoms. The summed E-state index contributed by atoms with van der Waals surface area (Å²) in [6.07, 6.45) is 4.35. The van der Waals surface area contributed by atoms with Crippen LogP contribution in [0.2, 0.25) is 0 Å². The first-order valence-electron chi connectivity index (χ1n) is 5.68. The largest absolute Gasteiger partial charge is 0.308 e. The van der Waals surface area contributed by atoms with Crippen LogP contribution in [0, 0.1) is 5.82 Å². The van der Waals surface area contributed by atoms with Crippen LogP contribution in [0.25, 0.3) is 22.7 Å². The van der Waals surface area contributed by atoms with E-state index in [1.807, 2.05) is 11.5 Å². The standard InChI is InChI=1S/C12H9BrFN5/c1-2-19-11(7-3-8(14)5-15-4-7)18-10-12(19)16-6-9(13)17-10/h3-6H,2H2,1H3. The SMILES string of the molecule is CCn1c(-c2cncc(F)c2)nc2nc(Br)cnc21. The molecule has 3 aromatic heterocycles. The van der Waals surface area contributed by atoms with Gasteiger partial charge in [-0.1, -0.05) is 0 Å². The van der Waals surface area contributed by atoms with Crippen LogP contribution in [0.4, 0.5) is 4.39 Å². The Balaban J connectivity index is 2.28. The highest BCUT2D eigenvalue weighted by Crippen LogP contribution is 2.23. The molecular weight excluding hydrogens is 313 g/mol. The van der Waals surface area contributed by atoms with Gasteiger partial charge in [0.05, 0.1) is 12.4 Å². The summed E-state index contributed by atoms with van der Waals surface area (Å²) in [7, 11) is 0. The van der Waals surface area contributed by atoms with Crippen LogP contribution >= 0.6 is 15.9 Å². The number of pyridine rings is 1. The first-order valence-corrected chi connectivity index (χ1v) is 6.48. The van der Waals surface area contributed by atoms with Crippen LogP contribution in [0.1, 0.15) is 6.92 Å². The third-order valence-electron chi connectivity index (χ3n) is 2.71. The molecule has 3 rings (SSSR count). The van der Waals surface area contributed by atoms with Crippen LogP contribution in [0.15, 0.2) is 29.3 Å². The van der Waals surface area contributed by atoms with E-state index < -0.39 is 5.82 Å². The lowest BCUT2D eigenvalue weighted by Crippen LogP contribution is -1.99. The molecule has 3 aromatic rings. The van der Waals surface area contributed by atoms with Gasteiger partial charge in [-0.25, -0.2) is 19.3 Å². The van der Waals surface area contributed by atoms with Gasteiger partial charge in [0.15, 0.2) is 11.3 Å². The molecule has 0 spiro atoms. The van der Waals surface area contributed by atoms with Gasteiger partial charge >= 0.3 is 0 Å². The number of nitrogens with zero attached hydrogens (tertiary/aromatic N) is 5. The summed E-state index contributed by atoms with van der Waals surface area (Å²) >= 11 is 3.26. The minimum atomic E-state index is -0.394. The molecule has 0 aliphatic carbocycles. The van der Waals surface area contributed by atoms with Crippen molar-refractivity contribution in [1.82, 2.24) is 24.5 Å². The number of imidazole rings is 1. The fraction of sp³-hybridized carbons (Fsp3) is 0.167. The van der Waals surface area contributed by atoms with Crippen molar-refractivity contribution in [2.45, 2.75) is 13.5 Å². The van der Waals surface area contributed by atoms with Gasteiger partial charge in [-0.3, -0.25) is 4.98 Å². The zero-order valence-corrected chi connectivity index (χ0v) is 11.6. The van der Waals surface area contributed by atoms with Crippen LogP contribution in [-0.2, 0) is 6.54 Å². The van der Waals surface area contributed by atoms with Crippen molar-refractivity contribution in [2.24, 2.45) is 0 Å². The van der Waals surface area contributed by atoms with Gasteiger partial charge in [0, 0.05) is 18.3 Å². The van der Waals surface area contributed by atoms with E-state index in [0.29, 0.717) is 33.8 Å². The molecule has 7 heteroatoms. The minimum absolute atomic E-state index is 0.394. The van der Waals surface area contributed by atoms with E-state index in [1.54, 1.807) is 12.4 Å². The van der Waals surface area contributed by atoms with Gasteiger partial charge in [-0.05, 0) is 28.9 Å². The molecule has 0 fully saturated rings. The summed E-state index contributed by atoms with van der Waals surface area (Å²) in [4.78, 5) is 16.8. The van der Waals surface area contributed by atoms with Gasteiger partial charge in [0.1, 0.15) is 16.2 Å². The van der Waals surface area contributed by atoms with Crippen molar-refractivity contribution in [3.8, 4) is 11.4 Å². The normalized spacial score (nSPS) is 11.1. The lowest BCUT2D eigenvalue weighted by molar-refractivity contribution is 0.621. The molecular formula is C12H9BrFN5. The second-order valence-corrected chi connectivity index (χ2v) is 4.72. The molecule has 0 unspecified atom stereocenters. The molecule has 0 aliphatic heterocycles. The Morgan fingerprint density at radius 3 is 2.84 bits per heavy atom. The predicted molar refractivity (Wildman–Crippen MR) is 71.9 cm³/mol. The number of hydrogen-bond acceptors (Lipinski definition) is 4. The molecule has 0 bridgehead atoms. The quantitative estimate of drug-likeness (QED) is 0.728. The molecule has 0 aromatic carbocycles. The third kappa shape index (κ3) is 2.10. The summed E-state index contributed by atoms with van der Waals surface area (Å²) in [5, 5.41) is 0. The van der Waals surface area contributed by atoms with E-state index >= 15 is 0 Å². The first kappa shape index (κ1) is 12.2. The van der Waals surface area contributed by atoms with Gasteiger partial charge in [-0.15, -0.1) is 0 Å². The fourth-order valence-electron chi connectivity index (χ4n) is 1.93. The fourth-order valence-corrected chi connectivity index (χ4v) is 2.20. The second kappa shape index (κ2) is 4.65. The maximum absolute atomic E-state index is 13.3. The maximum atomic E-state index is 13.3. The summed E-state index contributed by atoms with van der Waals surface area (Å²) in [5.41, 5.74) is 1.80. The first-order chi connectivity index (χ1) is 9.19. The Kier molecular flexibility index (Phi) is 2.98. The van der Waals surface area contributed by atoms with E-state index in [0.717, 1.165) is 6.20 Å². The van der Waals surface area contributed by atoms with E-state index in [2.05, 4.69) is 35.9 Å². The third-order valence-corrected chi connectivity index (χ3v) is 3.09. The summed E-state index contributed by atoms with van der Waals surface area (Å²) in [6.45, 7) is 2.64. The van der Waals surface area contributed by atoms with Crippen LogP contribution in [0.3, 0.4) is 0 Å². The highest BCUT2D eigenvalue weighted by atomic mass is 79.9. The second-order valence-electron chi connectivity index (χ2n) is 3.91. The predicted octanol–water partition coefficient (Wildman–Crippen LogP) is 2.81. The van der Waals surface area contributed by atoms with E-state index in [4.69, 9.17) is 0 Å². The molecule has 0 aliphatic rings. The lowest BCUT2D eigenvalue weighted by Gasteiger charge is -2.04. The average Bonchev–Trinajstić information content (AvgIpc) is 2.76. The van der Waals surface area contributed by atoms with Gasteiger partial charge in [0.2, 0.25) is 0 Å². The zero-order valence-electron chi connectivity index (χ0n) is 10.0. The molecule has 0 amide bonds. The Morgan fingerprint density at radius 1 is 1.26 bits per heavy atom. The Hall–Kier alpha value is -1.89. The number of rotatable bonds is 2. The number of fused-ring (bicyclic) bond motifs is 1. The van der Waals surface area contributed by atoms with Gasteiger partial charge < -0.3 is 4.57 Å². The molecule has 0 atom stereocenters. The van der Waals surface area contributed by atoms with E-state index in [1.165, 1.54) is 6.07 Å². The summed E-state index contributed by atoms with van der Waals surface area (Å²) in [6, 6.07) is 1.40. The summed E-state index contributed by atoms with van der Waals surface area (Å²) < 4.78 is 15.8. The minimum Gasteiger partial charge on any atom is -0.308 e. The monoisotopic (exact) mass is 321 g/mol. The maximum Gasteiger partial charge on any atom is 0.199 e. The van der Waals surface area contributed by atoms with Crippen molar-refractivity contribution < 1.29 is 4.39 Å². The highest BCUT2D eigenvalue weighted by molar-refractivity contribution is 9.10. The molecule has 96 valence electrons. The van der Waals surface area contributed by atoms with Crippen LogP contribution in [0.5, 0.6) is 0 Å². The van der Waals surface area contributed by atoms with Crippen molar-refractivity contribution in [2.75, 3.05) is 0 Å². The summed E-state index contributed by atoms with van der Waals surface area (Å²) in [5.74, 6) is 0.219. The van der Waals surface area contributed by atoms with Gasteiger partial charge in [0.25, 0.3) is 0 Å². The smallest absolute Gasteiger partial charge is 0.199 e. The molecule has 0 saturated carbocycles. The van der Waals surface area contributed by atoms with E-state index in [9.17, 15) is 4.39 Å². The van der Waals surface area contributed by atoms with Crippen LogP contribution < -0.4 is 0 Å². The van der Waals surface area contributed by atoms with Crippen molar-refractivity contribution in [3.05, 3.63) is 35.1 Å². The Bertz CT molecular complexity index is 755. The topological polar surface area (TPSA) is 56.5 Å². The molecule has 0 saturated heterocycles. The van der Waals surface area contributed by atoms with Crippen molar-refractivity contribution in [3.63, 3.8) is 0 Å². The molecule has 5 nitrogen and oxygen atoms in total. The Morgan fingerprint density at radius 2 is 2.11 bits per heavy atom. The number of aromatic nitrogens is 5. The molecule has 0 N–H and O–H groups in total. The number of aryl methyl sites for hydroxylation is 1. The lowest BCUT2D eigenvalue weighted by atomic mass is 10.2. The average molecular weight is 322 g/mol. The highest BCUT2D eigenvalue weighted by Gasteiger charge is 2.14. The van der Waals surface area contributed by atoms with Crippen molar-refractivity contribution in [1.29, 1.82) is 0 Å². The van der Waals surface area contributed by atoms with Crippen molar-refractivity contribution >= 4 is 27.2 Å².